The highest BCUT2D eigenvalue weighted by molar-refractivity contribution is 6.30. The van der Waals surface area contributed by atoms with E-state index < -0.39 is 0 Å². The summed E-state index contributed by atoms with van der Waals surface area (Å²) in [5.41, 5.74) is 2.63. The number of hydrogen-bond acceptors (Lipinski definition) is 2. The lowest BCUT2D eigenvalue weighted by molar-refractivity contribution is -0.129. The molecular weight excluding hydrogens is 324 g/mol. The Morgan fingerprint density at radius 3 is 2.71 bits per heavy atom. The number of anilines is 1. The lowest BCUT2D eigenvalue weighted by Crippen LogP contribution is -2.33. The van der Waals surface area contributed by atoms with Gasteiger partial charge < -0.3 is 10.2 Å². The zero-order valence-corrected chi connectivity index (χ0v) is 14.0. The number of fused-ring (bicyclic) bond motifs is 1. The van der Waals surface area contributed by atoms with E-state index in [1.54, 1.807) is 35.4 Å². The van der Waals surface area contributed by atoms with E-state index in [2.05, 4.69) is 5.32 Å². The number of nitrogens with zero attached hydrogens (tertiary/aromatic N) is 1. The second kappa shape index (κ2) is 6.89. The molecule has 0 bridgehead atoms. The van der Waals surface area contributed by atoms with Crippen molar-refractivity contribution in [2.24, 2.45) is 0 Å². The number of hydrogen-bond donors (Lipinski definition) is 1. The summed E-state index contributed by atoms with van der Waals surface area (Å²) < 4.78 is 0. The second-order valence-corrected chi connectivity index (χ2v) is 6.09. The van der Waals surface area contributed by atoms with Gasteiger partial charge >= 0.3 is 0 Å². The maximum atomic E-state index is 12.5. The van der Waals surface area contributed by atoms with E-state index in [-0.39, 0.29) is 24.3 Å². The Kier molecular flexibility index (Phi) is 4.67. The number of amides is 2. The molecule has 2 amide bonds. The maximum absolute atomic E-state index is 12.5. The number of carbonyl (C=O) groups is 2. The molecule has 0 unspecified atom stereocenters. The Morgan fingerprint density at radius 2 is 1.96 bits per heavy atom. The Balaban J connectivity index is 1.82. The van der Waals surface area contributed by atoms with Crippen molar-refractivity contribution in [3.05, 3.63) is 70.9 Å². The third-order valence-electron chi connectivity index (χ3n) is 3.96. The first-order valence-electron chi connectivity index (χ1n) is 7.66. The van der Waals surface area contributed by atoms with Crippen molar-refractivity contribution in [3.63, 3.8) is 0 Å². The van der Waals surface area contributed by atoms with Gasteiger partial charge in [0.15, 0.2) is 0 Å². The van der Waals surface area contributed by atoms with Crippen LogP contribution in [0.15, 0.2) is 54.7 Å². The molecule has 1 atom stereocenters. The number of carbonyl (C=O) groups excluding carboxylic acids is 2. The van der Waals surface area contributed by atoms with Gasteiger partial charge in [-0.2, -0.15) is 0 Å². The fourth-order valence-corrected chi connectivity index (χ4v) is 3.06. The first-order valence-corrected chi connectivity index (χ1v) is 8.04. The fourth-order valence-electron chi connectivity index (χ4n) is 2.87. The van der Waals surface area contributed by atoms with Gasteiger partial charge in [-0.3, -0.25) is 9.59 Å². The second-order valence-electron chi connectivity index (χ2n) is 5.65. The van der Waals surface area contributed by atoms with Crippen molar-refractivity contribution in [3.8, 4) is 0 Å². The van der Waals surface area contributed by atoms with E-state index >= 15 is 0 Å². The van der Waals surface area contributed by atoms with Gasteiger partial charge in [-0.1, -0.05) is 41.9 Å². The minimum Gasteiger partial charge on any atom is -0.326 e. The summed E-state index contributed by atoms with van der Waals surface area (Å²) in [4.78, 5) is 26.0. The Morgan fingerprint density at radius 1 is 1.17 bits per heavy atom. The summed E-state index contributed by atoms with van der Waals surface area (Å²) >= 11 is 5.94. The van der Waals surface area contributed by atoms with E-state index in [9.17, 15) is 9.59 Å². The largest absolute Gasteiger partial charge is 0.326 e. The van der Waals surface area contributed by atoms with Gasteiger partial charge in [0.25, 0.3) is 0 Å². The zero-order chi connectivity index (χ0) is 17.1. The molecule has 3 rings (SSSR count). The molecule has 0 aliphatic carbocycles. The molecule has 122 valence electrons. The predicted molar refractivity (Wildman–Crippen MR) is 95.4 cm³/mol. The summed E-state index contributed by atoms with van der Waals surface area (Å²) in [6.45, 7) is 1.50. The smallest absolute Gasteiger partial charge is 0.226 e. The standard InChI is InChI=1S/C19H17ClN2O2/c1-13(23)22-10-9-14-5-2-3-8-17(14)18(22)12-19(24)21-16-7-4-6-15(20)11-16/h2-11,18H,12H2,1H3,(H,21,24)/t18-/m0/s1. The lowest BCUT2D eigenvalue weighted by atomic mass is 9.93. The Hall–Kier alpha value is -2.59. The molecule has 0 fully saturated rings. The average Bonchev–Trinajstić information content (AvgIpc) is 2.54. The Labute approximate surface area is 145 Å². The molecule has 0 radical (unpaired) electrons. The monoisotopic (exact) mass is 340 g/mol. The SMILES string of the molecule is CC(=O)N1C=Cc2ccccc2[C@@H]1CC(=O)Nc1cccc(Cl)c1. The van der Waals surface area contributed by atoms with Crippen LogP contribution in [0.25, 0.3) is 6.08 Å². The van der Waals surface area contributed by atoms with Gasteiger partial charge in [-0.15, -0.1) is 0 Å². The number of benzene rings is 2. The molecule has 0 aromatic heterocycles. The quantitative estimate of drug-likeness (QED) is 0.908. The number of halogens is 1. The van der Waals surface area contributed by atoms with Crippen LogP contribution in [0, 0.1) is 0 Å². The van der Waals surface area contributed by atoms with Crippen LogP contribution < -0.4 is 5.32 Å². The molecule has 2 aromatic rings. The van der Waals surface area contributed by atoms with Gasteiger partial charge in [0.05, 0.1) is 12.5 Å². The molecular formula is C19H17ClN2O2. The van der Waals surface area contributed by atoms with Crippen LogP contribution in [0.1, 0.15) is 30.5 Å². The Bertz CT molecular complexity index is 817. The molecule has 0 saturated carbocycles. The highest BCUT2D eigenvalue weighted by atomic mass is 35.5. The molecule has 2 aromatic carbocycles. The van der Waals surface area contributed by atoms with Crippen molar-refractivity contribution >= 4 is 35.2 Å². The third-order valence-corrected chi connectivity index (χ3v) is 4.19. The van der Waals surface area contributed by atoms with Crippen molar-refractivity contribution in [2.75, 3.05) is 5.32 Å². The van der Waals surface area contributed by atoms with Crippen LogP contribution in [0.3, 0.4) is 0 Å². The lowest BCUT2D eigenvalue weighted by Gasteiger charge is -2.32. The van der Waals surface area contributed by atoms with Gasteiger partial charge in [0.2, 0.25) is 11.8 Å². The van der Waals surface area contributed by atoms with Gasteiger partial charge in [0, 0.05) is 23.8 Å². The molecule has 5 heteroatoms. The van der Waals surface area contributed by atoms with Gasteiger partial charge in [-0.05, 0) is 35.4 Å². The average molecular weight is 341 g/mol. The zero-order valence-electron chi connectivity index (χ0n) is 13.2. The summed E-state index contributed by atoms with van der Waals surface area (Å²) in [6, 6.07) is 14.5. The van der Waals surface area contributed by atoms with Crippen LogP contribution in [0.2, 0.25) is 5.02 Å². The fraction of sp³-hybridized carbons (Fsp3) is 0.158. The molecule has 1 heterocycles. The van der Waals surface area contributed by atoms with E-state index in [1.165, 1.54) is 6.92 Å². The van der Waals surface area contributed by atoms with E-state index in [4.69, 9.17) is 11.6 Å². The maximum Gasteiger partial charge on any atom is 0.226 e. The van der Waals surface area contributed by atoms with E-state index in [0.29, 0.717) is 10.7 Å². The molecule has 1 N–H and O–H groups in total. The molecule has 1 aliphatic heterocycles. The molecule has 0 spiro atoms. The minimum absolute atomic E-state index is 0.0960. The van der Waals surface area contributed by atoms with Crippen LogP contribution in [-0.4, -0.2) is 16.7 Å². The van der Waals surface area contributed by atoms with Crippen molar-refractivity contribution < 1.29 is 9.59 Å². The minimum atomic E-state index is -0.317. The third kappa shape index (κ3) is 3.49. The van der Waals surface area contributed by atoms with E-state index in [1.807, 2.05) is 30.3 Å². The van der Waals surface area contributed by atoms with Crippen LogP contribution >= 0.6 is 11.6 Å². The van der Waals surface area contributed by atoms with Crippen LogP contribution in [-0.2, 0) is 9.59 Å². The van der Waals surface area contributed by atoms with Crippen LogP contribution in [0.4, 0.5) is 5.69 Å². The molecule has 1 aliphatic rings. The summed E-state index contributed by atoms with van der Waals surface area (Å²) in [5, 5.41) is 3.39. The predicted octanol–water partition coefficient (Wildman–Crippen LogP) is 4.24. The number of nitrogens with one attached hydrogen (secondary N) is 1. The first kappa shape index (κ1) is 16.3. The highest BCUT2D eigenvalue weighted by Crippen LogP contribution is 2.33. The summed E-state index contributed by atoms with van der Waals surface area (Å²) in [6.07, 6.45) is 3.80. The molecule has 24 heavy (non-hydrogen) atoms. The summed E-state index contributed by atoms with van der Waals surface area (Å²) in [7, 11) is 0. The molecule has 4 nitrogen and oxygen atoms in total. The number of rotatable bonds is 3. The van der Waals surface area contributed by atoms with Gasteiger partial charge in [-0.25, -0.2) is 0 Å². The van der Waals surface area contributed by atoms with Gasteiger partial charge in [0.1, 0.15) is 0 Å². The van der Waals surface area contributed by atoms with Crippen molar-refractivity contribution in [1.29, 1.82) is 0 Å². The summed E-state index contributed by atoms with van der Waals surface area (Å²) in [5.74, 6) is -0.264. The van der Waals surface area contributed by atoms with Crippen molar-refractivity contribution in [1.82, 2.24) is 4.90 Å². The first-order chi connectivity index (χ1) is 11.5. The molecule has 0 saturated heterocycles. The van der Waals surface area contributed by atoms with Crippen molar-refractivity contribution in [2.45, 2.75) is 19.4 Å². The highest BCUT2D eigenvalue weighted by Gasteiger charge is 2.28. The normalized spacial score (nSPS) is 15.8. The topological polar surface area (TPSA) is 49.4 Å². The van der Waals surface area contributed by atoms with Crippen LogP contribution in [0.5, 0.6) is 0 Å². The van der Waals surface area contributed by atoms with E-state index in [0.717, 1.165) is 11.1 Å².